The van der Waals surface area contributed by atoms with Crippen molar-refractivity contribution in [1.29, 1.82) is 0 Å². The fourth-order valence-electron chi connectivity index (χ4n) is 3.45. The molecule has 2 aromatic heterocycles. The molecule has 0 spiro atoms. The normalized spacial score (nSPS) is 17.5. The second-order valence-electron chi connectivity index (χ2n) is 6.53. The minimum atomic E-state index is 0.750. The van der Waals surface area contributed by atoms with Gasteiger partial charge in [0.2, 0.25) is 0 Å². The summed E-state index contributed by atoms with van der Waals surface area (Å²) >= 11 is 0. The largest absolute Gasteiger partial charge is 0.366 e. The van der Waals surface area contributed by atoms with Crippen LogP contribution in [-0.4, -0.2) is 41.1 Å². The van der Waals surface area contributed by atoms with Crippen LogP contribution in [0.4, 0.5) is 17.5 Å². The van der Waals surface area contributed by atoms with Gasteiger partial charge in [0, 0.05) is 45.0 Å². The van der Waals surface area contributed by atoms with Gasteiger partial charge in [0.05, 0.1) is 0 Å². The van der Waals surface area contributed by atoms with Crippen LogP contribution < -0.4 is 15.1 Å². The van der Waals surface area contributed by atoms with E-state index in [1.165, 1.54) is 31.2 Å². The number of aromatic nitrogens is 3. The first-order valence-electron chi connectivity index (χ1n) is 8.89. The molecule has 0 bridgehead atoms. The van der Waals surface area contributed by atoms with Crippen LogP contribution in [0.25, 0.3) is 0 Å². The zero-order chi connectivity index (χ0) is 16.2. The van der Waals surface area contributed by atoms with E-state index in [9.17, 15) is 0 Å². The number of nitrogens with one attached hydrogen (secondary N) is 1. The van der Waals surface area contributed by atoms with Crippen LogP contribution >= 0.6 is 0 Å². The van der Waals surface area contributed by atoms with Crippen molar-refractivity contribution in [1.82, 2.24) is 15.0 Å². The highest BCUT2D eigenvalue weighted by atomic mass is 15.2. The molecule has 6 nitrogen and oxygen atoms in total. The second kappa shape index (κ2) is 7.03. The summed E-state index contributed by atoms with van der Waals surface area (Å²) in [6.45, 7) is 5.18. The number of hydrogen-bond donors (Lipinski definition) is 1. The minimum Gasteiger partial charge on any atom is -0.366 e. The molecule has 2 fully saturated rings. The van der Waals surface area contributed by atoms with Crippen LogP contribution in [0.5, 0.6) is 0 Å². The molecule has 0 atom stereocenters. The van der Waals surface area contributed by atoms with E-state index in [1.54, 1.807) is 6.33 Å². The Kier molecular flexibility index (Phi) is 4.44. The third-order valence-electron chi connectivity index (χ3n) is 4.80. The van der Waals surface area contributed by atoms with Crippen LogP contribution in [0.1, 0.15) is 31.2 Å². The lowest BCUT2D eigenvalue weighted by atomic mass is 10.2. The van der Waals surface area contributed by atoms with E-state index in [-0.39, 0.29) is 0 Å². The molecule has 0 unspecified atom stereocenters. The lowest BCUT2D eigenvalue weighted by Crippen LogP contribution is -2.19. The Hall–Kier alpha value is -2.37. The Morgan fingerprint density at radius 1 is 0.833 bits per heavy atom. The average molecular weight is 324 g/mol. The topological polar surface area (TPSA) is 57.2 Å². The molecular weight excluding hydrogens is 300 g/mol. The monoisotopic (exact) mass is 324 g/mol. The Morgan fingerprint density at radius 2 is 1.50 bits per heavy atom. The van der Waals surface area contributed by atoms with Crippen LogP contribution in [0.3, 0.4) is 0 Å². The van der Waals surface area contributed by atoms with Crippen molar-refractivity contribution in [3.63, 3.8) is 0 Å². The minimum absolute atomic E-state index is 0.750. The van der Waals surface area contributed by atoms with Gasteiger partial charge in [0.1, 0.15) is 23.8 Å². The summed E-state index contributed by atoms with van der Waals surface area (Å²) in [5.41, 5.74) is 1.23. The molecule has 0 radical (unpaired) electrons. The number of rotatable bonds is 5. The van der Waals surface area contributed by atoms with Crippen LogP contribution in [-0.2, 0) is 6.54 Å². The molecule has 0 aliphatic carbocycles. The lowest BCUT2D eigenvalue weighted by molar-refractivity contribution is 0.922. The highest BCUT2D eigenvalue weighted by molar-refractivity contribution is 5.49. The summed E-state index contributed by atoms with van der Waals surface area (Å²) in [5.74, 6) is 3.00. The van der Waals surface area contributed by atoms with E-state index in [4.69, 9.17) is 0 Å². The van der Waals surface area contributed by atoms with Crippen molar-refractivity contribution < 1.29 is 0 Å². The fraction of sp³-hybridized carbons (Fsp3) is 0.500. The van der Waals surface area contributed by atoms with Gasteiger partial charge in [-0.05, 0) is 43.4 Å². The molecule has 0 amide bonds. The molecule has 126 valence electrons. The standard InChI is InChI=1S/C18H24N6/c1-2-8-23(7-1)17-11-15(5-6-19-17)13-20-16-12-18(22-14-21-16)24-9-3-4-10-24/h5-6,11-12,14H,1-4,7-10,13H2,(H,20,21,22). The van der Waals surface area contributed by atoms with Crippen molar-refractivity contribution in [3.05, 3.63) is 36.3 Å². The van der Waals surface area contributed by atoms with Gasteiger partial charge < -0.3 is 15.1 Å². The summed E-state index contributed by atoms with van der Waals surface area (Å²) in [5, 5.41) is 3.42. The summed E-state index contributed by atoms with van der Waals surface area (Å²) in [6, 6.07) is 6.30. The summed E-state index contributed by atoms with van der Waals surface area (Å²) in [4.78, 5) is 17.9. The molecule has 4 rings (SSSR count). The maximum absolute atomic E-state index is 4.51. The third kappa shape index (κ3) is 3.42. The quantitative estimate of drug-likeness (QED) is 0.912. The molecule has 1 N–H and O–H groups in total. The SMILES string of the molecule is c1cc(CNc2cc(N3CCCC3)ncn2)cc(N2CCCC2)n1. The highest BCUT2D eigenvalue weighted by Crippen LogP contribution is 2.21. The second-order valence-corrected chi connectivity index (χ2v) is 6.53. The van der Waals surface area contributed by atoms with Crippen molar-refractivity contribution in [2.24, 2.45) is 0 Å². The first kappa shape index (κ1) is 15.2. The molecule has 2 aliphatic heterocycles. The molecule has 0 aromatic carbocycles. The van der Waals surface area contributed by atoms with E-state index >= 15 is 0 Å². The fourth-order valence-corrected chi connectivity index (χ4v) is 3.45. The van der Waals surface area contributed by atoms with Crippen molar-refractivity contribution in [2.45, 2.75) is 32.2 Å². The van der Waals surface area contributed by atoms with Gasteiger partial charge >= 0.3 is 0 Å². The lowest BCUT2D eigenvalue weighted by Gasteiger charge is -2.18. The van der Waals surface area contributed by atoms with Crippen molar-refractivity contribution >= 4 is 17.5 Å². The summed E-state index contributed by atoms with van der Waals surface area (Å²) in [7, 11) is 0. The summed E-state index contributed by atoms with van der Waals surface area (Å²) < 4.78 is 0. The van der Waals surface area contributed by atoms with E-state index < -0.39 is 0 Å². The molecule has 6 heteroatoms. The van der Waals surface area contributed by atoms with Gasteiger partial charge in [0.25, 0.3) is 0 Å². The predicted octanol–water partition coefficient (Wildman–Crippen LogP) is 2.68. The number of anilines is 3. The van der Waals surface area contributed by atoms with Crippen molar-refractivity contribution in [3.8, 4) is 0 Å². The van der Waals surface area contributed by atoms with Gasteiger partial charge in [0.15, 0.2) is 0 Å². The number of pyridine rings is 1. The number of hydrogen-bond acceptors (Lipinski definition) is 6. The average Bonchev–Trinajstić information content (AvgIpc) is 3.34. The van der Waals surface area contributed by atoms with E-state index in [1.807, 2.05) is 12.3 Å². The number of nitrogens with zero attached hydrogens (tertiary/aromatic N) is 5. The molecule has 4 heterocycles. The Labute approximate surface area is 142 Å². The van der Waals surface area contributed by atoms with Gasteiger partial charge in [-0.3, -0.25) is 0 Å². The van der Waals surface area contributed by atoms with E-state index in [2.05, 4.69) is 42.2 Å². The Balaban J connectivity index is 1.41. The van der Waals surface area contributed by atoms with Gasteiger partial charge in [-0.25, -0.2) is 15.0 Å². The summed E-state index contributed by atoms with van der Waals surface area (Å²) in [6.07, 6.45) is 8.60. The molecular formula is C18H24N6. The maximum atomic E-state index is 4.51. The highest BCUT2D eigenvalue weighted by Gasteiger charge is 2.15. The zero-order valence-corrected chi connectivity index (χ0v) is 14.0. The van der Waals surface area contributed by atoms with Gasteiger partial charge in [-0.1, -0.05) is 0 Å². The predicted molar refractivity (Wildman–Crippen MR) is 96.5 cm³/mol. The van der Waals surface area contributed by atoms with E-state index in [0.29, 0.717) is 0 Å². The Bertz CT molecular complexity index is 617. The molecule has 2 saturated heterocycles. The smallest absolute Gasteiger partial charge is 0.134 e. The molecule has 24 heavy (non-hydrogen) atoms. The van der Waals surface area contributed by atoms with Crippen LogP contribution in [0.15, 0.2) is 30.7 Å². The van der Waals surface area contributed by atoms with Crippen LogP contribution in [0.2, 0.25) is 0 Å². The van der Waals surface area contributed by atoms with Crippen LogP contribution in [0, 0.1) is 0 Å². The maximum Gasteiger partial charge on any atom is 0.134 e. The molecule has 2 aromatic rings. The van der Waals surface area contributed by atoms with Gasteiger partial charge in [-0.2, -0.15) is 0 Å². The van der Waals surface area contributed by atoms with Gasteiger partial charge in [-0.15, -0.1) is 0 Å². The zero-order valence-electron chi connectivity index (χ0n) is 14.0. The molecule has 0 saturated carbocycles. The third-order valence-corrected chi connectivity index (χ3v) is 4.80. The van der Waals surface area contributed by atoms with E-state index in [0.717, 1.165) is 50.2 Å². The van der Waals surface area contributed by atoms with Crippen molar-refractivity contribution in [2.75, 3.05) is 41.3 Å². The molecule has 2 aliphatic rings. The first-order valence-corrected chi connectivity index (χ1v) is 8.89. The Morgan fingerprint density at radius 3 is 2.21 bits per heavy atom. The first-order chi connectivity index (χ1) is 11.9.